The summed E-state index contributed by atoms with van der Waals surface area (Å²) in [7, 11) is -1.81. The zero-order chi connectivity index (χ0) is 20.3. The fourth-order valence-corrected chi connectivity index (χ4v) is 4.31. The molecule has 0 bridgehead atoms. The third-order valence-corrected chi connectivity index (χ3v) is 6.17. The highest BCUT2D eigenvalue weighted by atomic mass is 32.2. The van der Waals surface area contributed by atoms with Gasteiger partial charge in [0.2, 0.25) is 5.78 Å². The summed E-state index contributed by atoms with van der Waals surface area (Å²) in [5.41, 5.74) is 1.89. The van der Waals surface area contributed by atoms with Gasteiger partial charge in [-0.25, -0.2) is 8.42 Å². The zero-order valence-electron chi connectivity index (χ0n) is 15.2. The molecule has 0 amide bonds. The predicted octanol–water partition coefficient (Wildman–Crippen LogP) is 2.86. The van der Waals surface area contributed by atoms with Crippen molar-refractivity contribution in [3.8, 4) is 0 Å². The Morgan fingerprint density at radius 2 is 1.57 bits per heavy atom. The monoisotopic (exact) mass is 397 g/mol. The van der Waals surface area contributed by atoms with Crippen LogP contribution in [-0.4, -0.2) is 29.8 Å². The first-order chi connectivity index (χ1) is 13.3. The van der Waals surface area contributed by atoms with Gasteiger partial charge in [0, 0.05) is 18.3 Å². The molecule has 3 rings (SSSR count). The van der Waals surface area contributed by atoms with Crippen molar-refractivity contribution in [3.63, 3.8) is 0 Å². The van der Waals surface area contributed by atoms with E-state index >= 15 is 0 Å². The maximum absolute atomic E-state index is 12.7. The number of nitrogens with zero attached hydrogens (tertiary/aromatic N) is 1. The van der Waals surface area contributed by atoms with Crippen LogP contribution >= 0.6 is 0 Å². The van der Waals surface area contributed by atoms with Crippen LogP contribution in [0.5, 0.6) is 0 Å². The third-order valence-electron chi connectivity index (χ3n) is 4.47. The maximum atomic E-state index is 12.7. The number of hydrogen-bond acceptors (Lipinski definition) is 4. The molecule has 7 heteroatoms. The van der Waals surface area contributed by atoms with Crippen molar-refractivity contribution in [1.82, 2.24) is 4.57 Å². The second-order valence-corrected chi connectivity index (χ2v) is 8.43. The molecule has 6 nitrogen and oxygen atoms in total. The number of benzene rings is 2. The summed E-state index contributed by atoms with van der Waals surface area (Å²) in [6.07, 6.45) is -0.167. The van der Waals surface area contributed by atoms with Crippen LogP contribution in [0, 0.1) is 0 Å². The summed E-state index contributed by atoms with van der Waals surface area (Å²) < 4.78 is 26.5. The van der Waals surface area contributed by atoms with Crippen molar-refractivity contribution in [3.05, 3.63) is 89.2 Å². The number of carboxylic acid groups (broad SMARTS) is 1. The summed E-state index contributed by atoms with van der Waals surface area (Å²) in [5.74, 6) is -1.38. The van der Waals surface area contributed by atoms with E-state index in [-0.39, 0.29) is 22.9 Å². The van der Waals surface area contributed by atoms with Gasteiger partial charge in [-0.1, -0.05) is 42.5 Å². The lowest BCUT2D eigenvalue weighted by Gasteiger charge is -2.08. The minimum Gasteiger partial charge on any atom is -0.481 e. The minimum absolute atomic E-state index is 0.154. The van der Waals surface area contributed by atoms with E-state index in [4.69, 9.17) is 5.11 Å². The Morgan fingerprint density at radius 1 is 0.929 bits per heavy atom. The molecule has 0 fully saturated rings. The Hall–Kier alpha value is -3.19. The highest BCUT2D eigenvalue weighted by molar-refractivity contribution is 7.90. The molecule has 144 valence electrons. The lowest BCUT2D eigenvalue weighted by Crippen LogP contribution is -2.11. The second kappa shape index (κ2) is 7.82. The number of aromatic nitrogens is 1. The van der Waals surface area contributed by atoms with Gasteiger partial charge in [0.15, 0.2) is 9.84 Å². The van der Waals surface area contributed by atoms with Crippen molar-refractivity contribution in [2.75, 3.05) is 0 Å². The Labute approximate surface area is 163 Å². The van der Waals surface area contributed by atoms with E-state index in [9.17, 15) is 18.0 Å². The van der Waals surface area contributed by atoms with Gasteiger partial charge in [-0.05, 0) is 29.8 Å². The van der Waals surface area contributed by atoms with Gasteiger partial charge in [-0.2, -0.15) is 0 Å². The molecule has 28 heavy (non-hydrogen) atoms. The fraction of sp³-hybridized carbons (Fsp3) is 0.143. The molecular formula is C21H19NO5S. The maximum Gasteiger partial charge on any atom is 0.309 e. The number of ketones is 1. The first-order valence-corrected chi connectivity index (χ1v) is 10.2. The van der Waals surface area contributed by atoms with Crippen LogP contribution in [0.2, 0.25) is 0 Å². The smallest absolute Gasteiger partial charge is 0.309 e. The number of carbonyl (C=O) groups is 2. The summed E-state index contributed by atoms with van der Waals surface area (Å²) >= 11 is 0. The van der Waals surface area contributed by atoms with E-state index in [1.165, 1.54) is 0 Å². The predicted molar refractivity (Wildman–Crippen MR) is 104 cm³/mol. The Morgan fingerprint density at radius 3 is 2.18 bits per heavy atom. The van der Waals surface area contributed by atoms with E-state index in [1.54, 1.807) is 78.3 Å². The first kappa shape index (κ1) is 19.6. The van der Waals surface area contributed by atoms with Crippen LogP contribution in [0.1, 0.15) is 27.3 Å². The van der Waals surface area contributed by atoms with Crippen molar-refractivity contribution >= 4 is 21.6 Å². The molecule has 0 radical (unpaired) electrons. The number of carbonyl (C=O) groups excluding carboxylic acids is 1. The van der Waals surface area contributed by atoms with Gasteiger partial charge in [-0.3, -0.25) is 9.59 Å². The highest BCUT2D eigenvalue weighted by Crippen LogP contribution is 2.18. The molecule has 1 aromatic heterocycles. The quantitative estimate of drug-likeness (QED) is 0.619. The Bertz CT molecular complexity index is 1110. The van der Waals surface area contributed by atoms with Gasteiger partial charge >= 0.3 is 5.97 Å². The number of sulfone groups is 1. The van der Waals surface area contributed by atoms with Crippen LogP contribution < -0.4 is 0 Å². The standard InChI is InChI=1S/C21H19NO5S/c1-22-17(13-20(23)24)11-12-19(22)21(25)16-9-7-15(8-10-16)14-28(26,27)18-5-3-2-4-6-18/h2-12H,13-14H2,1H3,(H,23,24). The van der Waals surface area contributed by atoms with Crippen LogP contribution in [0.4, 0.5) is 0 Å². The molecule has 0 spiro atoms. The van der Waals surface area contributed by atoms with E-state index in [1.807, 2.05) is 0 Å². The molecule has 2 aromatic carbocycles. The summed E-state index contributed by atoms with van der Waals surface area (Å²) in [4.78, 5) is 23.8. The van der Waals surface area contributed by atoms with Crippen LogP contribution in [0.15, 0.2) is 71.6 Å². The Kier molecular flexibility index (Phi) is 5.46. The van der Waals surface area contributed by atoms with Crippen LogP contribution in [-0.2, 0) is 33.9 Å². The van der Waals surface area contributed by atoms with Crippen molar-refractivity contribution in [1.29, 1.82) is 0 Å². The van der Waals surface area contributed by atoms with Crippen LogP contribution in [0.25, 0.3) is 0 Å². The normalized spacial score (nSPS) is 11.3. The number of rotatable bonds is 7. The van der Waals surface area contributed by atoms with Gasteiger partial charge in [0.25, 0.3) is 0 Å². The van der Waals surface area contributed by atoms with Gasteiger partial charge < -0.3 is 9.67 Å². The van der Waals surface area contributed by atoms with E-state index in [0.29, 0.717) is 22.5 Å². The molecule has 1 heterocycles. The number of aliphatic carboxylic acids is 1. The minimum atomic E-state index is -3.46. The summed E-state index contributed by atoms with van der Waals surface area (Å²) in [6, 6.07) is 17.8. The van der Waals surface area contributed by atoms with E-state index in [2.05, 4.69) is 0 Å². The SMILES string of the molecule is Cn1c(CC(=O)O)ccc1C(=O)c1ccc(CS(=O)(=O)c2ccccc2)cc1. The van der Waals surface area contributed by atoms with Gasteiger partial charge in [0.1, 0.15) is 0 Å². The molecular weight excluding hydrogens is 378 g/mol. The van der Waals surface area contributed by atoms with E-state index in [0.717, 1.165) is 0 Å². The van der Waals surface area contributed by atoms with Crippen molar-refractivity contribution in [2.45, 2.75) is 17.1 Å². The number of carboxylic acids is 1. The average molecular weight is 397 g/mol. The molecule has 0 aliphatic carbocycles. The lowest BCUT2D eigenvalue weighted by molar-refractivity contribution is -0.136. The molecule has 1 N–H and O–H groups in total. The van der Waals surface area contributed by atoms with E-state index < -0.39 is 15.8 Å². The molecule has 0 aliphatic rings. The third kappa shape index (κ3) is 4.20. The largest absolute Gasteiger partial charge is 0.481 e. The lowest BCUT2D eigenvalue weighted by atomic mass is 10.1. The average Bonchev–Trinajstić information content (AvgIpc) is 3.02. The van der Waals surface area contributed by atoms with Crippen molar-refractivity contribution in [2.24, 2.45) is 7.05 Å². The van der Waals surface area contributed by atoms with Crippen LogP contribution in [0.3, 0.4) is 0 Å². The molecule has 0 atom stereocenters. The van der Waals surface area contributed by atoms with Gasteiger partial charge in [0.05, 0.1) is 22.8 Å². The molecule has 0 saturated carbocycles. The molecule has 3 aromatic rings. The summed E-state index contributed by atoms with van der Waals surface area (Å²) in [5, 5.41) is 8.91. The Balaban J connectivity index is 1.78. The first-order valence-electron chi connectivity index (χ1n) is 8.56. The fourth-order valence-electron chi connectivity index (χ4n) is 2.94. The summed E-state index contributed by atoms with van der Waals surface area (Å²) in [6.45, 7) is 0. The zero-order valence-corrected chi connectivity index (χ0v) is 16.0. The molecule has 0 aliphatic heterocycles. The highest BCUT2D eigenvalue weighted by Gasteiger charge is 2.18. The molecule has 0 saturated heterocycles. The topological polar surface area (TPSA) is 93.4 Å². The van der Waals surface area contributed by atoms with Gasteiger partial charge in [-0.15, -0.1) is 0 Å². The van der Waals surface area contributed by atoms with Crippen molar-refractivity contribution < 1.29 is 23.1 Å². The second-order valence-electron chi connectivity index (χ2n) is 6.44. The molecule has 0 unspecified atom stereocenters. The number of hydrogen-bond donors (Lipinski definition) is 1.